The predicted molar refractivity (Wildman–Crippen MR) is 139 cm³/mol. The molecule has 0 atom stereocenters. The molecule has 194 valence electrons. The lowest BCUT2D eigenvalue weighted by molar-refractivity contribution is -0.138. The number of aromatic amines is 1. The average Bonchev–Trinajstić information content (AvgIpc) is 3.55. The van der Waals surface area contributed by atoms with Crippen molar-refractivity contribution in [3.63, 3.8) is 0 Å². The molecule has 38 heavy (non-hydrogen) atoms. The molecule has 0 saturated heterocycles. The summed E-state index contributed by atoms with van der Waals surface area (Å²) in [6.07, 6.45) is 1.24. The van der Waals surface area contributed by atoms with Crippen molar-refractivity contribution in [3.05, 3.63) is 83.1 Å². The first-order chi connectivity index (χ1) is 18.4. The third-order valence-corrected chi connectivity index (χ3v) is 7.15. The van der Waals surface area contributed by atoms with Crippen LogP contribution in [0.2, 0.25) is 0 Å². The fourth-order valence-electron chi connectivity index (χ4n) is 5.20. The minimum Gasteiger partial charge on any atom is -0.345 e. The number of halogens is 3. The summed E-state index contributed by atoms with van der Waals surface area (Å²) < 4.78 is 41.3. The number of anilines is 1. The maximum atomic E-state index is 13.1. The number of hydrogen-bond acceptors (Lipinski definition) is 5. The van der Waals surface area contributed by atoms with Gasteiger partial charge in [-0.05, 0) is 36.1 Å². The zero-order chi connectivity index (χ0) is 26.4. The molecule has 5 aromatic rings. The van der Waals surface area contributed by atoms with E-state index in [1.165, 1.54) is 11.1 Å². The molecule has 3 aromatic heterocycles. The largest absolute Gasteiger partial charge is 0.419 e. The van der Waals surface area contributed by atoms with Crippen molar-refractivity contribution in [2.24, 2.45) is 0 Å². The topological polar surface area (TPSA) is 75.5 Å². The summed E-state index contributed by atoms with van der Waals surface area (Å²) in [5, 5.41) is 5.13. The van der Waals surface area contributed by atoms with Crippen molar-refractivity contribution >= 4 is 17.0 Å². The summed E-state index contributed by atoms with van der Waals surface area (Å²) in [7, 11) is 0. The van der Waals surface area contributed by atoms with Gasteiger partial charge in [-0.3, -0.25) is 0 Å². The number of nitrogens with one attached hydrogen (secondary N) is 1. The highest BCUT2D eigenvalue weighted by Crippen LogP contribution is 2.37. The number of hydrogen-bond donors (Lipinski definition) is 1. The summed E-state index contributed by atoms with van der Waals surface area (Å²) in [6, 6.07) is 12.5. The van der Waals surface area contributed by atoms with Gasteiger partial charge in [0.05, 0.1) is 40.0 Å². The summed E-state index contributed by atoms with van der Waals surface area (Å²) >= 11 is 0. The van der Waals surface area contributed by atoms with Gasteiger partial charge < -0.3 is 9.88 Å². The Kier molecular flexibility index (Phi) is 5.89. The van der Waals surface area contributed by atoms with Gasteiger partial charge in [0, 0.05) is 43.0 Å². The van der Waals surface area contributed by atoms with Crippen LogP contribution in [0.5, 0.6) is 0 Å². The molecule has 0 fully saturated rings. The molecule has 7 nitrogen and oxygen atoms in total. The van der Waals surface area contributed by atoms with Gasteiger partial charge in [-0.15, -0.1) is 0 Å². The molecule has 0 radical (unpaired) electrons. The van der Waals surface area contributed by atoms with E-state index in [-0.39, 0.29) is 5.95 Å². The van der Waals surface area contributed by atoms with Crippen LogP contribution in [0, 0.1) is 0 Å². The Morgan fingerprint density at radius 2 is 1.71 bits per heavy atom. The van der Waals surface area contributed by atoms with Crippen molar-refractivity contribution < 1.29 is 13.2 Å². The first-order valence-corrected chi connectivity index (χ1v) is 12.7. The molecule has 0 amide bonds. The first-order valence-electron chi connectivity index (χ1n) is 12.7. The van der Waals surface area contributed by atoms with Crippen LogP contribution < -0.4 is 4.90 Å². The van der Waals surface area contributed by atoms with Crippen molar-refractivity contribution in [3.8, 4) is 16.9 Å². The molecule has 1 aliphatic heterocycles. The van der Waals surface area contributed by atoms with Crippen LogP contribution in [-0.2, 0) is 32.0 Å². The molecule has 10 heteroatoms. The summed E-state index contributed by atoms with van der Waals surface area (Å²) in [5.41, 5.74) is 8.37. The van der Waals surface area contributed by atoms with E-state index in [4.69, 9.17) is 5.10 Å². The van der Waals surface area contributed by atoms with Crippen molar-refractivity contribution in [2.75, 3.05) is 11.4 Å². The van der Waals surface area contributed by atoms with Crippen LogP contribution in [0.15, 0.2) is 55.1 Å². The Bertz CT molecular complexity index is 1590. The molecule has 1 aliphatic rings. The van der Waals surface area contributed by atoms with E-state index in [2.05, 4.69) is 62.7 Å². The summed E-state index contributed by atoms with van der Waals surface area (Å²) in [4.78, 5) is 17.6. The van der Waals surface area contributed by atoms with Gasteiger partial charge in [0.25, 0.3) is 0 Å². The number of rotatable bonds is 5. The minimum atomic E-state index is -4.48. The average molecular weight is 518 g/mol. The van der Waals surface area contributed by atoms with E-state index in [1.807, 2.05) is 17.0 Å². The summed E-state index contributed by atoms with van der Waals surface area (Å²) in [5.74, 6) is 0.273. The van der Waals surface area contributed by atoms with E-state index in [1.54, 1.807) is 6.33 Å². The molecule has 2 aromatic carbocycles. The number of alkyl halides is 3. The maximum absolute atomic E-state index is 13.1. The van der Waals surface area contributed by atoms with E-state index in [0.717, 1.165) is 64.5 Å². The van der Waals surface area contributed by atoms with Crippen LogP contribution >= 0.6 is 0 Å². The lowest BCUT2D eigenvalue weighted by Gasteiger charge is -2.27. The number of aryl methyl sites for hydroxylation is 2. The van der Waals surface area contributed by atoms with E-state index in [0.29, 0.717) is 19.5 Å². The third-order valence-electron chi connectivity index (χ3n) is 7.15. The molecule has 0 bridgehead atoms. The highest BCUT2D eigenvalue weighted by molar-refractivity contribution is 5.82. The second-order valence-corrected chi connectivity index (χ2v) is 9.39. The highest BCUT2D eigenvalue weighted by atomic mass is 19.4. The number of aromatic nitrogens is 6. The molecule has 0 unspecified atom stereocenters. The van der Waals surface area contributed by atoms with Crippen LogP contribution in [-0.4, -0.2) is 36.3 Å². The molecule has 0 aliphatic carbocycles. The molecule has 0 saturated carbocycles. The van der Waals surface area contributed by atoms with Crippen molar-refractivity contribution in [1.82, 2.24) is 29.7 Å². The molecule has 4 heterocycles. The molecular formula is C28H26F3N7. The number of nitrogens with zero attached hydrogens (tertiary/aromatic N) is 6. The van der Waals surface area contributed by atoms with Gasteiger partial charge >= 0.3 is 6.18 Å². The van der Waals surface area contributed by atoms with Crippen LogP contribution in [0.25, 0.3) is 28.0 Å². The van der Waals surface area contributed by atoms with Gasteiger partial charge in [0.1, 0.15) is 0 Å². The maximum Gasteiger partial charge on any atom is 0.419 e. The fourth-order valence-corrected chi connectivity index (χ4v) is 5.20. The molecule has 6 rings (SSSR count). The van der Waals surface area contributed by atoms with E-state index in [9.17, 15) is 13.2 Å². The fraction of sp³-hybridized carbons (Fsp3) is 0.286. The smallest absolute Gasteiger partial charge is 0.345 e. The third kappa shape index (κ3) is 4.09. The summed E-state index contributed by atoms with van der Waals surface area (Å²) in [6.45, 7) is 5.28. The Morgan fingerprint density at radius 3 is 2.39 bits per heavy atom. The zero-order valence-electron chi connectivity index (χ0n) is 21.0. The van der Waals surface area contributed by atoms with Gasteiger partial charge in [0.15, 0.2) is 0 Å². The van der Waals surface area contributed by atoms with Gasteiger partial charge in [-0.25, -0.2) is 19.6 Å². The first kappa shape index (κ1) is 24.1. The lowest BCUT2D eigenvalue weighted by atomic mass is 9.99. The van der Waals surface area contributed by atoms with Crippen LogP contribution in [0.1, 0.15) is 41.8 Å². The lowest BCUT2D eigenvalue weighted by Crippen LogP contribution is -2.31. The number of imidazole rings is 1. The second kappa shape index (κ2) is 9.27. The SMILES string of the molecule is CCc1cccc(CC)c1-n1nc2c(c1-c1ccc3nc[nH]c3c1)CN(c1ncc(C(F)(F)F)cn1)CC2. The minimum absolute atomic E-state index is 0.273. The Morgan fingerprint density at radius 1 is 0.974 bits per heavy atom. The normalized spacial score (nSPS) is 13.8. The zero-order valence-corrected chi connectivity index (χ0v) is 21.0. The van der Waals surface area contributed by atoms with Crippen LogP contribution in [0.4, 0.5) is 19.1 Å². The quantitative estimate of drug-likeness (QED) is 0.314. The van der Waals surface area contributed by atoms with Gasteiger partial charge in [-0.2, -0.15) is 18.3 Å². The number of fused-ring (bicyclic) bond motifs is 2. The highest BCUT2D eigenvalue weighted by Gasteiger charge is 2.33. The van der Waals surface area contributed by atoms with E-state index >= 15 is 0 Å². The van der Waals surface area contributed by atoms with Crippen LogP contribution in [0.3, 0.4) is 0 Å². The molecule has 0 spiro atoms. The van der Waals surface area contributed by atoms with Crippen molar-refractivity contribution in [1.29, 1.82) is 0 Å². The molecule has 1 N–H and O–H groups in total. The van der Waals surface area contributed by atoms with Gasteiger partial charge in [0.2, 0.25) is 5.95 Å². The Balaban J connectivity index is 1.51. The number of benzene rings is 2. The Labute approximate surface area is 217 Å². The number of H-pyrrole nitrogens is 1. The number of para-hydroxylation sites is 1. The standard InChI is InChI=1S/C28H26F3N7/c1-3-17-6-5-7-18(4-2)25(17)38-26(19-8-9-23-24(12-19)35-16-34-23)21-15-37(11-10-22(21)36-38)27-32-13-20(14-33-27)28(29,30)31/h5-9,12-14,16H,3-4,10-11,15H2,1-2H3,(H,34,35). The van der Waals surface area contributed by atoms with Crippen molar-refractivity contribution in [2.45, 2.75) is 45.8 Å². The second-order valence-electron chi connectivity index (χ2n) is 9.39. The van der Waals surface area contributed by atoms with Gasteiger partial charge in [-0.1, -0.05) is 38.1 Å². The predicted octanol–water partition coefficient (Wildman–Crippen LogP) is 5.91. The Hall–Kier alpha value is -4.21. The molecular weight excluding hydrogens is 491 g/mol. The monoisotopic (exact) mass is 517 g/mol. The van der Waals surface area contributed by atoms with E-state index < -0.39 is 11.7 Å².